The van der Waals surface area contributed by atoms with Gasteiger partial charge in [0.15, 0.2) is 5.09 Å². The molecule has 1 aromatic heterocycles. The maximum absolute atomic E-state index is 10.3. The molecule has 1 heterocycles. The molecule has 2 N–H and O–H groups in total. The van der Waals surface area contributed by atoms with Gasteiger partial charge in [0.2, 0.25) is 0 Å². The molecule has 3 nitrogen and oxygen atoms in total. The van der Waals surface area contributed by atoms with E-state index in [1.54, 1.807) is 0 Å². The molecule has 0 fully saturated rings. The molecule has 1 amide bonds. The number of carbonyl (C=O) groups is 1. The minimum absolute atomic E-state index is 0.347. The number of amides is 1. The molecule has 0 radical (unpaired) electrons. The number of thiol groups is 1. The topological polar surface area (TPSA) is 56.2 Å². The van der Waals surface area contributed by atoms with E-state index in [1.165, 1.54) is 12.3 Å². The van der Waals surface area contributed by atoms with Crippen molar-refractivity contribution in [2.45, 2.75) is 5.09 Å². The summed E-state index contributed by atoms with van der Waals surface area (Å²) < 4.78 is 4.69. The molecule has 0 aromatic carbocycles. The number of hydrogen-bond donors (Lipinski definition) is 2. The fourth-order valence-corrected chi connectivity index (χ4v) is 0.646. The van der Waals surface area contributed by atoms with Crippen LogP contribution in [0.3, 0.4) is 0 Å². The van der Waals surface area contributed by atoms with Crippen molar-refractivity contribution in [3.05, 3.63) is 17.9 Å². The molecule has 48 valence electrons. The average Bonchev–Trinajstić information content (AvgIpc) is 2.14. The van der Waals surface area contributed by atoms with Crippen molar-refractivity contribution < 1.29 is 9.21 Å². The largest absolute Gasteiger partial charge is 0.458 e. The molecular formula is C5H5NO2S. The molecule has 0 spiro atoms. The molecule has 1 rings (SSSR count). The Bertz CT molecular complexity index is 231. The third-order valence-corrected chi connectivity index (χ3v) is 1.10. The lowest BCUT2D eigenvalue weighted by atomic mass is 10.3. The summed E-state index contributed by atoms with van der Waals surface area (Å²) in [4.78, 5) is 10.3. The first kappa shape index (κ1) is 6.22. The highest BCUT2D eigenvalue weighted by atomic mass is 32.1. The van der Waals surface area contributed by atoms with Crippen LogP contribution in [0.5, 0.6) is 0 Å². The van der Waals surface area contributed by atoms with Gasteiger partial charge in [0, 0.05) is 6.07 Å². The number of hydrogen-bond acceptors (Lipinski definition) is 3. The zero-order valence-electron chi connectivity index (χ0n) is 4.50. The fourth-order valence-electron chi connectivity index (χ4n) is 0.454. The minimum Gasteiger partial charge on any atom is -0.458 e. The number of furan rings is 1. The van der Waals surface area contributed by atoms with Gasteiger partial charge in [-0.1, -0.05) is 0 Å². The van der Waals surface area contributed by atoms with Crippen LogP contribution in [-0.2, 0) is 0 Å². The van der Waals surface area contributed by atoms with Crippen LogP contribution in [0.4, 0.5) is 0 Å². The van der Waals surface area contributed by atoms with E-state index in [1.807, 2.05) is 0 Å². The molecule has 0 unspecified atom stereocenters. The predicted molar refractivity (Wildman–Crippen MR) is 34.5 cm³/mol. The van der Waals surface area contributed by atoms with Crippen LogP contribution in [-0.4, -0.2) is 5.91 Å². The summed E-state index contributed by atoms with van der Waals surface area (Å²) in [6.45, 7) is 0. The van der Waals surface area contributed by atoms with E-state index in [4.69, 9.17) is 5.73 Å². The molecule has 0 bridgehead atoms. The third-order valence-electron chi connectivity index (χ3n) is 0.870. The highest BCUT2D eigenvalue weighted by Crippen LogP contribution is 2.09. The number of primary amides is 1. The lowest BCUT2D eigenvalue weighted by molar-refractivity contribution is 0.0999. The van der Waals surface area contributed by atoms with Gasteiger partial charge in [-0.05, 0) is 0 Å². The first-order chi connectivity index (χ1) is 4.20. The lowest BCUT2D eigenvalue weighted by Crippen LogP contribution is -2.08. The molecule has 0 saturated carbocycles. The van der Waals surface area contributed by atoms with Crippen molar-refractivity contribution in [2.24, 2.45) is 5.73 Å². The van der Waals surface area contributed by atoms with Crippen molar-refractivity contribution in [1.82, 2.24) is 0 Å². The summed E-state index contributed by atoms with van der Waals surface area (Å²) in [5.74, 6) is -0.501. The average molecular weight is 143 g/mol. The first-order valence-corrected chi connectivity index (χ1v) is 2.72. The zero-order chi connectivity index (χ0) is 6.85. The molecule has 0 saturated heterocycles. The second-order valence-electron chi connectivity index (χ2n) is 1.54. The van der Waals surface area contributed by atoms with Gasteiger partial charge in [0.05, 0.1) is 5.56 Å². The van der Waals surface area contributed by atoms with E-state index in [-0.39, 0.29) is 0 Å². The van der Waals surface area contributed by atoms with Crippen LogP contribution in [0.15, 0.2) is 21.8 Å². The molecule has 0 aliphatic carbocycles. The van der Waals surface area contributed by atoms with Gasteiger partial charge in [0.25, 0.3) is 5.91 Å². The van der Waals surface area contributed by atoms with Crippen LogP contribution < -0.4 is 5.73 Å². The van der Waals surface area contributed by atoms with E-state index in [2.05, 4.69) is 17.0 Å². The normalized spacial score (nSPS) is 9.44. The summed E-state index contributed by atoms with van der Waals surface area (Å²) >= 11 is 3.83. The summed E-state index contributed by atoms with van der Waals surface area (Å²) in [7, 11) is 0. The Balaban J connectivity index is 2.98. The molecule has 1 aromatic rings. The van der Waals surface area contributed by atoms with E-state index in [0.717, 1.165) is 0 Å². The fraction of sp³-hybridized carbons (Fsp3) is 0. The van der Waals surface area contributed by atoms with Crippen LogP contribution in [0.2, 0.25) is 0 Å². The number of nitrogens with two attached hydrogens (primary N) is 1. The van der Waals surface area contributed by atoms with Gasteiger partial charge in [-0.3, -0.25) is 4.79 Å². The summed E-state index contributed by atoms with van der Waals surface area (Å²) in [5.41, 5.74) is 5.24. The van der Waals surface area contributed by atoms with Crippen LogP contribution in [0, 0.1) is 0 Å². The van der Waals surface area contributed by atoms with Crippen LogP contribution in [0.25, 0.3) is 0 Å². The van der Waals surface area contributed by atoms with Gasteiger partial charge >= 0.3 is 0 Å². The molecule has 0 atom stereocenters. The Morgan fingerprint density at radius 1 is 1.78 bits per heavy atom. The Morgan fingerprint density at radius 3 is 2.67 bits per heavy atom. The second-order valence-corrected chi connectivity index (χ2v) is 1.98. The van der Waals surface area contributed by atoms with Gasteiger partial charge in [0.1, 0.15) is 6.26 Å². The first-order valence-electron chi connectivity index (χ1n) is 2.27. The summed E-state index contributed by atoms with van der Waals surface area (Å²) in [6, 6.07) is 1.46. The zero-order valence-corrected chi connectivity index (χ0v) is 5.39. The molecule has 9 heavy (non-hydrogen) atoms. The summed E-state index contributed by atoms with van der Waals surface area (Å²) in [6.07, 6.45) is 1.27. The van der Waals surface area contributed by atoms with E-state index in [9.17, 15) is 4.79 Å². The van der Waals surface area contributed by atoms with Crippen molar-refractivity contribution in [3.8, 4) is 0 Å². The van der Waals surface area contributed by atoms with Crippen LogP contribution >= 0.6 is 12.6 Å². The Labute approximate surface area is 57.2 Å². The van der Waals surface area contributed by atoms with Gasteiger partial charge in [-0.15, -0.1) is 12.6 Å². The monoisotopic (exact) mass is 143 g/mol. The molecular weight excluding hydrogens is 138 g/mol. The van der Waals surface area contributed by atoms with E-state index in [0.29, 0.717) is 10.7 Å². The van der Waals surface area contributed by atoms with Gasteiger partial charge < -0.3 is 10.2 Å². The molecule has 0 aliphatic heterocycles. The van der Waals surface area contributed by atoms with E-state index >= 15 is 0 Å². The Morgan fingerprint density at radius 2 is 2.44 bits per heavy atom. The van der Waals surface area contributed by atoms with Crippen molar-refractivity contribution in [2.75, 3.05) is 0 Å². The van der Waals surface area contributed by atoms with Crippen molar-refractivity contribution >= 4 is 18.5 Å². The smallest absolute Gasteiger partial charge is 0.251 e. The Hall–Kier alpha value is -0.900. The molecule has 4 heteroatoms. The molecule has 0 aliphatic rings. The maximum atomic E-state index is 10.3. The van der Waals surface area contributed by atoms with Crippen molar-refractivity contribution in [1.29, 1.82) is 0 Å². The Kier molecular flexibility index (Phi) is 1.48. The summed E-state index contributed by atoms with van der Waals surface area (Å²) in [5, 5.41) is 0.392. The quantitative estimate of drug-likeness (QED) is 0.567. The van der Waals surface area contributed by atoms with E-state index < -0.39 is 5.91 Å². The maximum Gasteiger partial charge on any atom is 0.251 e. The SMILES string of the molecule is NC(=O)c1coc(S)c1. The van der Waals surface area contributed by atoms with Crippen molar-refractivity contribution in [3.63, 3.8) is 0 Å². The second kappa shape index (κ2) is 2.14. The minimum atomic E-state index is -0.501. The third kappa shape index (κ3) is 1.26. The standard InChI is InChI=1S/C5H5NO2S/c6-5(7)3-1-4(9)8-2-3/h1-2,9H,(H2,6,7). The number of carbonyl (C=O) groups excluding carboxylic acids is 1. The predicted octanol–water partition coefficient (Wildman–Crippen LogP) is 0.667. The van der Waals surface area contributed by atoms with Crippen LogP contribution in [0.1, 0.15) is 10.4 Å². The van der Waals surface area contributed by atoms with Gasteiger partial charge in [-0.25, -0.2) is 0 Å². The lowest BCUT2D eigenvalue weighted by Gasteiger charge is -1.79. The number of rotatable bonds is 1. The highest BCUT2D eigenvalue weighted by Gasteiger charge is 2.01. The van der Waals surface area contributed by atoms with Gasteiger partial charge in [-0.2, -0.15) is 0 Å². The highest BCUT2D eigenvalue weighted by molar-refractivity contribution is 7.80.